The predicted octanol–water partition coefficient (Wildman–Crippen LogP) is 0.568. The van der Waals surface area contributed by atoms with Crippen molar-refractivity contribution in [2.75, 3.05) is 21.3 Å². The molecule has 7 heteroatoms. The fraction of sp³-hybridized carbons (Fsp3) is 0.714. The van der Waals surface area contributed by atoms with E-state index in [0.717, 1.165) is 0 Å². The molecule has 0 unspecified atom stereocenters. The average molecular weight is 300 g/mol. The van der Waals surface area contributed by atoms with Crippen molar-refractivity contribution >= 4 is 11.8 Å². The number of hydrogen-bond acceptors (Lipinski definition) is 7. The summed E-state index contributed by atoms with van der Waals surface area (Å²) in [6.07, 6.45) is -0.0275. The van der Waals surface area contributed by atoms with Crippen molar-refractivity contribution in [3.8, 4) is 0 Å². The quantitative estimate of drug-likeness (QED) is 0.705. The molecule has 1 fully saturated rings. The summed E-state index contributed by atoms with van der Waals surface area (Å²) in [7, 11) is 4.17. The molecule has 0 aromatic rings. The third-order valence-corrected chi connectivity index (χ3v) is 4.14. The van der Waals surface area contributed by atoms with Gasteiger partial charge < -0.3 is 23.7 Å². The van der Waals surface area contributed by atoms with E-state index in [2.05, 4.69) is 4.74 Å². The second kappa shape index (κ2) is 5.49. The highest BCUT2D eigenvalue weighted by molar-refractivity contribution is 6.03. The Labute approximate surface area is 123 Å². The van der Waals surface area contributed by atoms with Crippen LogP contribution in [-0.4, -0.2) is 56.9 Å². The molecule has 0 amide bonds. The largest absolute Gasteiger partial charge is 0.466 e. The third-order valence-electron chi connectivity index (χ3n) is 4.14. The van der Waals surface area contributed by atoms with Crippen LogP contribution in [-0.2, 0) is 33.3 Å². The fourth-order valence-corrected chi connectivity index (χ4v) is 2.54. The van der Waals surface area contributed by atoms with Crippen molar-refractivity contribution < 1.29 is 33.3 Å². The summed E-state index contributed by atoms with van der Waals surface area (Å²) >= 11 is 0. The van der Waals surface area contributed by atoms with Crippen molar-refractivity contribution in [2.45, 2.75) is 44.1 Å². The van der Waals surface area contributed by atoms with Gasteiger partial charge in [0.25, 0.3) is 0 Å². The molecule has 0 aromatic carbocycles. The maximum Gasteiger partial charge on any atom is 0.333 e. The molecule has 2 rings (SSSR count). The van der Waals surface area contributed by atoms with Crippen molar-refractivity contribution in [3.63, 3.8) is 0 Å². The standard InChI is InChI=1S/C14H20O7/c1-13(18-4)14(2,19-5)21-11-9(15)6-8(12(16)17-3)7-10(11)20-13/h6,10-11H,7H2,1-5H3/t10-,11-,13+,14+/m1/s1. The number of hydrogen-bond donors (Lipinski definition) is 0. The van der Waals surface area contributed by atoms with Gasteiger partial charge in [-0.05, 0) is 19.9 Å². The van der Waals surface area contributed by atoms with E-state index in [1.807, 2.05) is 0 Å². The van der Waals surface area contributed by atoms with Crippen LogP contribution in [0.25, 0.3) is 0 Å². The van der Waals surface area contributed by atoms with Crippen LogP contribution in [0.15, 0.2) is 11.6 Å². The first-order valence-corrected chi connectivity index (χ1v) is 6.59. The molecule has 118 valence electrons. The Balaban J connectivity index is 2.32. The van der Waals surface area contributed by atoms with Crippen LogP contribution in [0.2, 0.25) is 0 Å². The van der Waals surface area contributed by atoms with Gasteiger partial charge in [-0.2, -0.15) is 0 Å². The lowest BCUT2D eigenvalue weighted by molar-refractivity contribution is -0.441. The van der Waals surface area contributed by atoms with Gasteiger partial charge in [-0.3, -0.25) is 4.79 Å². The lowest BCUT2D eigenvalue weighted by Crippen LogP contribution is -2.67. The van der Waals surface area contributed by atoms with Crippen molar-refractivity contribution in [1.82, 2.24) is 0 Å². The number of rotatable bonds is 3. The molecule has 1 aliphatic carbocycles. The summed E-state index contributed by atoms with van der Waals surface area (Å²) in [5.41, 5.74) is 0.256. The molecule has 0 N–H and O–H groups in total. The zero-order chi connectivity index (χ0) is 15.8. The van der Waals surface area contributed by atoms with Gasteiger partial charge in [0, 0.05) is 26.2 Å². The number of esters is 1. The predicted molar refractivity (Wildman–Crippen MR) is 70.3 cm³/mol. The zero-order valence-electron chi connectivity index (χ0n) is 12.8. The molecule has 0 aromatic heterocycles. The van der Waals surface area contributed by atoms with Crippen LogP contribution in [0.3, 0.4) is 0 Å². The molecule has 4 atom stereocenters. The highest BCUT2D eigenvalue weighted by atomic mass is 16.8. The van der Waals surface area contributed by atoms with Gasteiger partial charge in [0.15, 0.2) is 5.78 Å². The van der Waals surface area contributed by atoms with E-state index in [-0.39, 0.29) is 17.8 Å². The Kier molecular flexibility index (Phi) is 4.21. The first kappa shape index (κ1) is 16.1. The molecule has 2 aliphatic rings. The lowest BCUT2D eigenvalue weighted by atomic mass is 9.90. The smallest absolute Gasteiger partial charge is 0.333 e. The molecule has 0 spiro atoms. The van der Waals surface area contributed by atoms with E-state index < -0.39 is 29.8 Å². The second-order valence-electron chi connectivity index (χ2n) is 5.26. The summed E-state index contributed by atoms with van der Waals surface area (Å²) in [5.74, 6) is -3.35. The van der Waals surface area contributed by atoms with Crippen molar-refractivity contribution in [1.29, 1.82) is 0 Å². The van der Waals surface area contributed by atoms with Crippen molar-refractivity contribution in [2.24, 2.45) is 0 Å². The Hall–Kier alpha value is -1.28. The summed E-state index contributed by atoms with van der Waals surface area (Å²) in [5, 5.41) is 0. The van der Waals surface area contributed by atoms with Crippen LogP contribution in [0.5, 0.6) is 0 Å². The van der Waals surface area contributed by atoms with Crippen LogP contribution < -0.4 is 0 Å². The molecule has 0 saturated carbocycles. The maximum atomic E-state index is 12.2. The zero-order valence-corrected chi connectivity index (χ0v) is 12.8. The molecule has 1 aliphatic heterocycles. The van der Waals surface area contributed by atoms with E-state index in [4.69, 9.17) is 18.9 Å². The van der Waals surface area contributed by atoms with Gasteiger partial charge in [0.05, 0.1) is 13.2 Å². The minimum Gasteiger partial charge on any atom is -0.466 e. The fourth-order valence-electron chi connectivity index (χ4n) is 2.54. The Morgan fingerprint density at radius 1 is 1.19 bits per heavy atom. The average Bonchev–Trinajstić information content (AvgIpc) is 2.48. The Bertz CT molecular complexity index is 486. The monoisotopic (exact) mass is 300 g/mol. The van der Waals surface area contributed by atoms with Crippen LogP contribution in [0.4, 0.5) is 0 Å². The lowest BCUT2D eigenvalue weighted by Gasteiger charge is -2.52. The van der Waals surface area contributed by atoms with Gasteiger partial charge in [-0.25, -0.2) is 4.79 Å². The number of methoxy groups -OCH3 is 3. The van der Waals surface area contributed by atoms with Gasteiger partial charge in [0.2, 0.25) is 11.6 Å². The molecule has 1 heterocycles. The van der Waals surface area contributed by atoms with Gasteiger partial charge >= 0.3 is 5.97 Å². The third kappa shape index (κ3) is 2.50. The highest BCUT2D eigenvalue weighted by Gasteiger charge is 2.58. The number of carbonyl (C=O) groups excluding carboxylic acids is 2. The van der Waals surface area contributed by atoms with E-state index in [0.29, 0.717) is 0 Å². The van der Waals surface area contributed by atoms with Crippen LogP contribution >= 0.6 is 0 Å². The van der Waals surface area contributed by atoms with E-state index in [1.165, 1.54) is 27.4 Å². The molecular weight excluding hydrogens is 280 g/mol. The highest BCUT2D eigenvalue weighted by Crippen LogP contribution is 2.42. The van der Waals surface area contributed by atoms with Crippen LogP contribution in [0, 0.1) is 0 Å². The van der Waals surface area contributed by atoms with Gasteiger partial charge in [-0.15, -0.1) is 0 Å². The summed E-state index contributed by atoms with van der Waals surface area (Å²) in [4.78, 5) is 23.8. The minimum atomic E-state index is -1.24. The Morgan fingerprint density at radius 3 is 2.29 bits per heavy atom. The normalized spacial score (nSPS) is 39.5. The van der Waals surface area contributed by atoms with E-state index >= 15 is 0 Å². The minimum absolute atomic E-state index is 0.210. The summed E-state index contributed by atoms with van der Waals surface area (Å²) < 4.78 is 27.0. The van der Waals surface area contributed by atoms with Gasteiger partial charge in [-0.1, -0.05) is 0 Å². The topological polar surface area (TPSA) is 80.3 Å². The molecule has 1 saturated heterocycles. The first-order chi connectivity index (χ1) is 9.80. The number of carbonyl (C=O) groups is 2. The second-order valence-corrected chi connectivity index (χ2v) is 5.26. The van der Waals surface area contributed by atoms with E-state index in [9.17, 15) is 9.59 Å². The summed E-state index contributed by atoms with van der Waals surface area (Å²) in [6.45, 7) is 3.30. The summed E-state index contributed by atoms with van der Waals surface area (Å²) in [6, 6.07) is 0. The number of ketones is 1. The molecular formula is C14H20O7. The van der Waals surface area contributed by atoms with Crippen LogP contribution in [0.1, 0.15) is 20.3 Å². The molecule has 0 radical (unpaired) electrons. The maximum absolute atomic E-state index is 12.2. The molecule has 0 bridgehead atoms. The van der Waals surface area contributed by atoms with Crippen molar-refractivity contribution in [3.05, 3.63) is 11.6 Å². The van der Waals surface area contributed by atoms with E-state index in [1.54, 1.807) is 13.8 Å². The molecule has 21 heavy (non-hydrogen) atoms. The Morgan fingerprint density at radius 2 is 1.76 bits per heavy atom. The van der Waals surface area contributed by atoms with Gasteiger partial charge in [0.1, 0.15) is 6.10 Å². The first-order valence-electron chi connectivity index (χ1n) is 6.59. The number of ether oxygens (including phenoxy) is 5. The molecule has 7 nitrogen and oxygen atoms in total. The SMILES string of the molecule is COC(=O)C1=CC(=O)[C@H]2O[C@](C)(OC)[C@@](C)(OC)O[C@@H]2C1. The number of fused-ring (bicyclic) bond motifs is 1.